The smallest absolute Gasteiger partial charge is 0.211 e. The SMILES string of the molecule is CS(=O)(=O)N1CCOC(Cn2ccc(-c3ccc4ncnc(Nc5ccc6c(cnn6Cc6cccc(F)c6)c5)c4c3)c2)C1. The Hall–Kier alpha value is -4.65. The molecule has 1 atom stereocenters. The second-order valence-electron chi connectivity index (χ2n) is 11.0. The van der Waals surface area contributed by atoms with Gasteiger partial charge < -0.3 is 14.6 Å². The van der Waals surface area contributed by atoms with E-state index in [4.69, 9.17) is 4.74 Å². The maximum absolute atomic E-state index is 13.7. The van der Waals surface area contributed by atoms with Gasteiger partial charge in [-0.05, 0) is 65.2 Å². The van der Waals surface area contributed by atoms with E-state index < -0.39 is 10.0 Å². The first-order valence-corrected chi connectivity index (χ1v) is 16.1. The number of aromatic nitrogens is 5. The molecule has 0 aliphatic carbocycles. The maximum Gasteiger partial charge on any atom is 0.211 e. The van der Waals surface area contributed by atoms with Gasteiger partial charge in [0.1, 0.15) is 18.0 Å². The predicted octanol–water partition coefficient (Wildman–Crippen LogP) is 5.04. The van der Waals surface area contributed by atoms with Gasteiger partial charge >= 0.3 is 0 Å². The third kappa shape index (κ3) is 5.91. The molecule has 1 fully saturated rings. The molecule has 0 amide bonds. The highest BCUT2D eigenvalue weighted by Gasteiger charge is 2.26. The normalized spacial score (nSPS) is 16.1. The van der Waals surface area contributed by atoms with E-state index in [9.17, 15) is 12.8 Å². The summed E-state index contributed by atoms with van der Waals surface area (Å²) in [5.41, 5.74) is 5.48. The van der Waals surface area contributed by atoms with E-state index in [0.717, 1.165) is 44.2 Å². The highest BCUT2D eigenvalue weighted by Crippen LogP contribution is 2.30. The number of morpholine rings is 1. The zero-order valence-corrected chi connectivity index (χ0v) is 24.8. The van der Waals surface area contributed by atoms with Crippen LogP contribution in [0.5, 0.6) is 0 Å². The predicted molar refractivity (Wildman–Crippen MR) is 168 cm³/mol. The lowest BCUT2D eigenvalue weighted by molar-refractivity contribution is -0.00995. The van der Waals surface area contributed by atoms with Crippen LogP contribution in [0.15, 0.2) is 91.6 Å². The Morgan fingerprint density at radius 3 is 2.82 bits per heavy atom. The molecule has 1 aliphatic heterocycles. The zero-order valence-electron chi connectivity index (χ0n) is 24.0. The minimum Gasteiger partial charge on any atom is -0.374 e. The first-order chi connectivity index (χ1) is 21.3. The van der Waals surface area contributed by atoms with Gasteiger partial charge in [0.2, 0.25) is 10.0 Å². The van der Waals surface area contributed by atoms with E-state index in [0.29, 0.717) is 38.6 Å². The molecule has 1 unspecified atom stereocenters. The summed E-state index contributed by atoms with van der Waals surface area (Å²) in [7, 11) is -3.25. The van der Waals surface area contributed by atoms with Crippen molar-refractivity contribution in [2.75, 3.05) is 31.3 Å². The third-order valence-electron chi connectivity index (χ3n) is 7.83. The summed E-state index contributed by atoms with van der Waals surface area (Å²) in [4.78, 5) is 9.00. The number of anilines is 2. The van der Waals surface area contributed by atoms with Crippen LogP contribution in [0.4, 0.5) is 15.9 Å². The number of hydrogen-bond donors (Lipinski definition) is 1. The Kier molecular flexibility index (Phi) is 7.32. The van der Waals surface area contributed by atoms with Crippen LogP contribution in [0.1, 0.15) is 5.56 Å². The van der Waals surface area contributed by atoms with Gasteiger partial charge in [-0.25, -0.2) is 22.8 Å². The molecule has 224 valence electrons. The average molecular weight is 612 g/mol. The van der Waals surface area contributed by atoms with E-state index in [1.165, 1.54) is 22.7 Å². The van der Waals surface area contributed by atoms with Gasteiger partial charge in [-0.2, -0.15) is 9.40 Å². The van der Waals surface area contributed by atoms with Crippen LogP contribution in [-0.2, 0) is 27.8 Å². The second-order valence-corrected chi connectivity index (χ2v) is 13.0. The summed E-state index contributed by atoms with van der Waals surface area (Å²) in [6.45, 7) is 2.14. The minimum atomic E-state index is -3.25. The molecule has 1 aliphatic rings. The summed E-state index contributed by atoms with van der Waals surface area (Å²) < 4.78 is 48.8. The molecular weight excluding hydrogens is 581 g/mol. The van der Waals surface area contributed by atoms with E-state index in [1.54, 1.807) is 18.6 Å². The molecule has 1 N–H and O–H groups in total. The first kappa shape index (κ1) is 28.1. The second kappa shape index (κ2) is 11.5. The summed E-state index contributed by atoms with van der Waals surface area (Å²) in [6, 6.07) is 20.6. The Morgan fingerprint density at radius 2 is 1.95 bits per heavy atom. The van der Waals surface area contributed by atoms with Gasteiger partial charge in [0.25, 0.3) is 0 Å². The van der Waals surface area contributed by atoms with Crippen molar-refractivity contribution in [1.29, 1.82) is 0 Å². The number of nitrogens with one attached hydrogen (secondary N) is 1. The molecule has 0 radical (unpaired) electrons. The molecule has 44 heavy (non-hydrogen) atoms. The molecule has 7 rings (SSSR count). The molecule has 10 nitrogen and oxygen atoms in total. The standard InChI is InChI=1S/C32H30FN7O3S/c1-44(41,42)39-11-12-43-28(20-39)19-38-10-9-24(18-38)23-5-7-30-29(15-23)32(35-21-34-30)37-27-6-8-31-25(14-27)16-36-40(31)17-22-3-2-4-26(33)13-22/h2-10,13-16,18,21,28H,11-12,17,19-20H2,1H3,(H,34,35,37). The maximum atomic E-state index is 13.7. The first-order valence-electron chi connectivity index (χ1n) is 14.2. The van der Waals surface area contributed by atoms with Gasteiger partial charge in [-0.3, -0.25) is 4.68 Å². The van der Waals surface area contributed by atoms with Crippen molar-refractivity contribution in [3.63, 3.8) is 0 Å². The molecular formula is C32H30FN7O3S. The summed E-state index contributed by atoms with van der Waals surface area (Å²) in [5, 5.41) is 9.79. The number of rotatable bonds is 8. The number of benzene rings is 3. The molecule has 0 spiro atoms. The average Bonchev–Trinajstić information content (AvgIpc) is 3.64. The fourth-order valence-electron chi connectivity index (χ4n) is 5.64. The molecule has 12 heteroatoms. The van der Waals surface area contributed by atoms with Crippen LogP contribution in [0.25, 0.3) is 32.9 Å². The van der Waals surface area contributed by atoms with Crippen LogP contribution < -0.4 is 5.32 Å². The minimum absolute atomic E-state index is 0.217. The zero-order chi connectivity index (χ0) is 30.3. The molecule has 6 aromatic rings. The molecule has 1 saturated heterocycles. The van der Waals surface area contributed by atoms with Crippen LogP contribution in [-0.4, -0.2) is 69.1 Å². The van der Waals surface area contributed by atoms with Gasteiger partial charge in [-0.1, -0.05) is 18.2 Å². The number of sulfonamides is 1. The lowest BCUT2D eigenvalue weighted by Gasteiger charge is -2.31. The largest absolute Gasteiger partial charge is 0.374 e. The number of nitrogens with zero attached hydrogens (tertiary/aromatic N) is 6. The number of halogens is 1. The quantitative estimate of drug-likeness (QED) is 0.257. The summed E-state index contributed by atoms with van der Waals surface area (Å²) in [5.74, 6) is 0.416. The van der Waals surface area contributed by atoms with E-state index in [2.05, 4.69) is 26.4 Å². The van der Waals surface area contributed by atoms with Crippen molar-refractivity contribution in [2.24, 2.45) is 0 Å². The van der Waals surface area contributed by atoms with Crippen molar-refractivity contribution in [3.05, 3.63) is 103 Å². The monoisotopic (exact) mass is 611 g/mol. The van der Waals surface area contributed by atoms with Gasteiger partial charge in [-0.15, -0.1) is 0 Å². The molecule has 0 saturated carbocycles. The van der Waals surface area contributed by atoms with E-state index in [1.807, 2.05) is 64.1 Å². The number of hydrogen-bond acceptors (Lipinski definition) is 7. The van der Waals surface area contributed by atoms with Crippen molar-refractivity contribution in [1.82, 2.24) is 28.6 Å². The van der Waals surface area contributed by atoms with E-state index >= 15 is 0 Å². The number of fused-ring (bicyclic) bond motifs is 2. The molecule has 3 aromatic carbocycles. The Bertz CT molecular complexity index is 2090. The van der Waals surface area contributed by atoms with Crippen molar-refractivity contribution < 1.29 is 17.5 Å². The molecule has 4 heterocycles. The van der Waals surface area contributed by atoms with Crippen LogP contribution >= 0.6 is 0 Å². The topological polar surface area (TPSA) is 107 Å². The van der Waals surface area contributed by atoms with Crippen molar-refractivity contribution >= 4 is 43.3 Å². The van der Waals surface area contributed by atoms with Crippen LogP contribution in [0.2, 0.25) is 0 Å². The summed E-state index contributed by atoms with van der Waals surface area (Å²) in [6.07, 6.45) is 8.38. The van der Waals surface area contributed by atoms with Crippen LogP contribution in [0.3, 0.4) is 0 Å². The van der Waals surface area contributed by atoms with Gasteiger partial charge in [0, 0.05) is 48.5 Å². The summed E-state index contributed by atoms with van der Waals surface area (Å²) >= 11 is 0. The van der Waals surface area contributed by atoms with Crippen LogP contribution in [0, 0.1) is 5.82 Å². The highest BCUT2D eigenvalue weighted by molar-refractivity contribution is 7.88. The Balaban J connectivity index is 1.10. The highest BCUT2D eigenvalue weighted by atomic mass is 32.2. The lowest BCUT2D eigenvalue weighted by Crippen LogP contribution is -2.46. The van der Waals surface area contributed by atoms with E-state index in [-0.39, 0.29) is 11.9 Å². The Labute approximate surface area is 253 Å². The van der Waals surface area contributed by atoms with Crippen molar-refractivity contribution in [3.8, 4) is 11.1 Å². The fourth-order valence-corrected chi connectivity index (χ4v) is 6.48. The van der Waals surface area contributed by atoms with Gasteiger partial charge in [0.05, 0.1) is 42.7 Å². The molecule has 3 aromatic heterocycles. The third-order valence-corrected chi connectivity index (χ3v) is 9.10. The van der Waals surface area contributed by atoms with Gasteiger partial charge in [0.15, 0.2) is 0 Å². The molecule has 0 bridgehead atoms. The lowest BCUT2D eigenvalue weighted by atomic mass is 10.1. The Morgan fingerprint density at radius 1 is 1.05 bits per heavy atom. The fraction of sp³-hybridized carbons (Fsp3) is 0.219. The number of ether oxygens (including phenoxy) is 1. The van der Waals surface area contributed by atoms with Crippen molar-refractivity contribution in [2.45, 2.75) is 19.2 Å².